The highest BCUT2D eigenvalue weighted by molar-refractivity contribution is 9.10. The highest BCUT2D eigenvalue weighted by Crippen LogP contribution is 2.31. The van der Waals surface area contributed by atoms with Crippen molar-refractivity contribution in [3.63, 3.8) is 0 Å². The van der Waals surface area contributed by atoms with Crippen LogP contribution in [0.4, 0.5) is 4.39 Å². The summed E-state index contributed by atoms with van der Waals surface area (Å²) in [6.07, 6.45) is 1.80. The maximum Gasteiger partial charge on any atom is 0.165 e. The molecule has 2 aromatic heterocycles. The van der Waals surface area contributed by atoms with E-state index < -0.39 is 0 Å². The molecule has 0 aliphatic rings. The molecule has 0 spiro atoms. The van der Waals surface area contributed by atoms with Gasteiger partial charge in [0.25, 0.3) is 0 Å². The summed E-state index contributed by atoms with van der Waals surface area (Å²) in [6, 6.07) is 4.29. The Morgan fingerprint density at radius 2 is 2.10 bits per heavy atom. The molecule has 3 aromatic rings. The van der Waals surface area contributed by atoms with Crippen molar-refractivity contribution < 1.29 is 9.13 Å². The number of nitrogens with one attached hydrogen (secondary N) is 1. The van der Waals surface area contributed by atoms with Crippen LogP contribution < -0.4 is 4.74 Å². The van der Waals surface area contributed by atoms with Gasteiger partial charge in [-0.15, -0.1) is 0 Å². The van der Waals surface area contributed by atoms with Gasteiger partial charge in [0.15, 0.2) is 5.82 Å². The minimum absolute atomic E-state index is 0.352. The molecule has 0 radical (unpaired) electrons. The SMILES string of the molecule is COc1ccc(F)cc1-c1nc(C)c2c(Br)c[nH]c2n1. The zero-order valence-corrected chi connectivity index (χ0v) is 12.5. The van der Waals surface area contributed by atoms with Crippen LogP contribution in [0.25, 0.3) is 22.4 Å². The maximum atomic E-state index is 13.5. The highest BCUT2D eigenvalue weighted by Gasteiger charge is 2.14. The molecule has 0 saturated carbocycles. The number of fused-ring (bicyclic) bond motifs is 1. The van der Waals surface area contributed by atoms with Crippen molar-refractivity contribution >= 4 is 27.0 Å². The fraction of sp³-hybridized carbons (Fsp3) is 0.143. The number of aromatic nitrogens is 3. The van der Waals surface area contributed by atoms with Crippen molar-refractivity contribution in [2.75, 3.05) is 7.11 Å². The van der Waals surface area contributed by atoms with Crippen LogP contribution >= 0.6 is 15.9 Å². The van der Waals surface area contributed by atoms with Crippen molar-refractivity contribution in [3.8, 4) is 17.1 Å². The molecule has 6 heteroatoms. The average molecular weight is 336 g/mol. The summed E-state index contributed by atoms with van der Waals surface area (Å²) < 4.78 is 19.6. The van der Waals surface area contributed by atoms with Gasteiger partial charge < -0.3 is 9.72 Å². The largest absolute Gasteiger partial charge is 0.496 e. The molecular formula is C14H11BrFN3O. The molecule has 4 nitrogen and oxygen atoms in total. The first-order chi connectivity index (χ1) is 9.60. The van der Waals surface area contributed by atoms with Crippen molar-refractivity contribution in [3.05, 3.63) is 40.4 Å². The Bertz CT molecular complexity index is 800. The third-order valence-electron chi connectivity index (χ3n) is 3.07. The van der Waals surface area contributed by atoms with Gasteiger partial charge in [-0.3, -0.25) is 0 Å². The summed E-state index contributed by atoms with van der Waals surface area (Å²) in [6.45, 7) is 1.89. The zero-order valence-electron chi connectivity index (χ0n) is 10.9. The number of hydrogen-bond acceptors (Lipinski definition) is 3. The molecule has 0 fully saturated rings. The first-order valence-corrected chi connectivity index (χ1v) is 6.74. The molecule has 1 N–H and O–H groups in total. The fourth-order valence-corrected chi connectivity index (χ4v) is 2.73. The second-order valence-corrected chi connectivity index (χ2v) is 5.19. The van der Waals surface area contributed by atoms with Crippen LogP contribution in [0.3, 0.4) is 0 Å². The molecule has 1 aromatic carbocycles. The Morgan fingerprint density at radius 3 is 2.85 bits per heavy atom. The minimum Gasteiger partial charge on any atom is -0.496 e. The van der Waals surface area contributed by atoms with Gasteiger partial charge in [-0.25, -0.2) is 14.4 Å². The Kier molecular flexibility index (Phi) is 3.17. The number of aromatic amines is 1. The number of nitrogens with zero attached hydrogens (tertiary/aromatic N) is 2. The molecule has 2 heterocycles. The lowest BCUT2D eigenvalue weighted by molar-refractivity contribution is 0.415. The number of hydrogen-bond donors (Lipinski definition) is 1. The Balaban J connectivity index is 2.27. The van der Waals surface area contributed by atoms with Gasteiger partial charge >= 0.3 is 0 Å². The van der Waals surface area contributed by atoms with Crippen LogP contribution in [0.5, 0.6) is 5.75 Å². The van der Waals surface area contributed by atoms with Crippen molar-refractivity contribution in [2.45, 2.75) is 6.92 Å². The third-order valence-corrected chi connectivity index (χ3v) is 3.69. The first-order valence-electron chi connectivity index (χ1n) is 5.95. The zero-order chi connectivity index (χ0) is 14.3. The van der Waals surface area contributed by atoms with Crippen LogP contribution in [0.1, 0.15) is 5.69 Å². The van der Waals surface area contributed by atoms with Gasteiger partial charge in [-0.2, -0.15) is 0 Å². The summed E-state index contributed by atoms with van der Waals surface area (Å²) in [5.74, 6) is 0.617. The minimum atomic E-state index is -0.352. The number of methoxy groups -OCH3 is 1. The van der Waals surface area contributed by atoms with E-state index in [2.05, 4.69) is 30.9 Å². The molecule has 0 amide bonds. The number of benzene rings is 1. The summed E-state index contributed by atoms with van der Waals surface area (Å²) in [5.41, 5.74) is 2.04. The molecule has 20 heavy (non-hydrogen) atoms. The highest BCUT2D eigenvalue weighted by atomic mass is 79.9. The van der Waals surface area contributed by atoms with Crippen molar-refractivity contribution in [2.24, 2.45) is 0 Å². The lowest BCUT2D eigenvalue weighted by atomic mass is 10.1. The molecule has 0 aliphatic carbocycles. The summed E-state index contributed by atoms with van der Waals surface area (Å²) in [4.78, 5) is 11.9. The number of halogens is 2. The summed E-state index contributed by atoms with van der Waals surface area (Å²) in [7, 11) is 1.54. The summed E-state index contributed by atoms with van der Waals surface area (Å²) >= 11 is 3.44. The van der Waals surface area contributed by atoms with E-state index in [1.807, 2.05) is 6.92 Å². The van der Waals surface area contributed by atoms with Gasteiger partial charge in [0.05, 0.1) is 23.8 Å². The van der Waals surface area contributed by atoms with E-state index in [1.54, 1.807) is 12.3 Å². The molecule has 0 bridgehead atoms. The third kappa shape index (κ3) is 2.06. The Labute approximate surface area is 123 Å². The van der Waals surface area contributed by atoms with Crippen LogP contribution in [0.15, 0.2) is 28.9 Å². The van der Waals surface area contributed by atoms with Crippen LogP contribution in [0, 0.1) is 12.7 Å². The molecule has 102 valence electrons. The van der Waals surface area contributed by atoms with Crippen molar-refractivity contribution in [1.29, 1.82) is 0 Å². The van der Waals surface area contributed by atoms with E-state index >= 15 is 0 Å². The molecule has 0 unspecified atom stereocenters. The standard InChI is InChI=1S/C14H11BrFN3O/c1-7-12-10(15)6-17-14(12)19-13(18-7)9-5-8(16)3-4-11(9)20-2/h3-6H,1-2H3,(H,17,18,19). The van der Waals surface area contributed by atoms with Crippen LogP contribution in [0.2, 0.25) is 0 Å². The Morgan fingerprint density at radius 1 is 1.30 bits per heavy atom. The van der Waals surface area contributed by atoms with E-state index in [4.69, 9.17) is 4.74 Å². The average Bonchev–Trinajstić information content (AvgIpc) is 2.80. The van der Waals surface area contributed by atoms with E-state index in [0.717, 1.165) is 15.6 Å². The van der Waals surface area contributed by atoms with Gasteiger partial charge in [0, 0.05) is 10.7 Å². The van der Waals surface area contributed by atoms with E-state index in [-0.39, 0.29) is 5.82 Å². The molecule has 0 aliphatic heterocycles. The van der Waals surface area contributed by atoms with E-state index in [9.17, 15) is 4.39 Å². The quantitative estimate of drug-likeness (QED) is 0.773. The number of aryl methyl sites for hydroxylation is 1. The second kappa shape index (κ2) is 4.86. The lowest BCUT2D eigenvalue weighted by Gasteiger charge is -2.08. The lowest BCUT2D eigenvalue weighted by Crippen LogP contribution is -1.97. The molecule has 3 rings (SSSR count). The Hall–Kier alpha value is -1.95. The smallest absolute Gasteiger partial charge is 0.165 e. The predicted octanol–water partition coefficient (Wildman–Crippen LogP) is 3.84. The number of ether oxygens (including phenoxy) is 1. The van der Waals surface area contributed by atoms with Gasteiger partial charge in [0.1, 0.15) is 17.2 Å². The van der Waals surface area contributed by atoms with E-state index in [0.29, 0.717) is 22.8 Å². The van der Waals surface area contributed by atoms with Gasteiger partial charge in [-0.05, 0) is 41.1 Å². The molecular weight excluding hydrogens is 325 g/mol. The monoisotopic (exact) mass is 335 g/mol. The molecule has 0 saturated heterocycles. The van der Waals surface area contributed by atoms with Crippen LogP contribution in [-0.2, 0) is 0 Å². The fourth-order valence-electron chi connectivity index (χ4n) is 2.14. The summed E-state index contributed by atoms with van der Waals surface area (Å²) in [5, 5.41) is 0.920. The van der Waals surface area contributed by atoms with Crippen molar-refractivity contribution in [1.82, 2.24) is 15.0 Å². The second-order valence-electron chi connectivity index (χ2n) is 4.34. The van der Waals surface area contributed by atoms with E-state index in [1.165, 1.54) is 19.2 Å². The topological polar surface area (TPSA) is 50.8 Å². The number of H-pyrrole nitrogens is 1. The van der Waals surface area contributed by atoms with Crippen LogP contribution in [-0.4, -0.2) is 22.1 Å². The normalized spacial score (nSPS) is 11.0. The maximum absolute atomic E-state index is 13.5. The van der Waals surface area contributed by atoms with Gasteiger partial charge in [-0.1, -0.05) is 0 Å². The first kappa shape index (κ1) is 13.1. The van der Waals surface area contributed by atoms with Gasteiger partial charge in [0.2, 0.25) is 0 Å². The predicted molar refractivity (Wildman–Crippen MR) is 78.3 cm³/mol. The molecule has 0 atom stereocenters. The number of rotatable bonds is 2.